The summed E-state index contributed by atoms with van der Waals surface area (Å²) in [6.07, 6.45) is 1.67. The number of nitrogens with one attached hydrogen (secondary N) is 1. The van der Waals surface area contributed by atoms with Gasteiger partial charge in [-0.15, -0.1) is 0 Å². The lowest BCUT2D eigenvalue weighted by molar-refractivity contribution is -0.142. The van der Waals surface area contributed by atoms with Crippen LogP contribution in [-0.4, -0.2) is 41.1 Å². The van der Waals surface area contributed by atoms with Gasteiger partial charge in [0.05, 0.1) is 12.7 Å². The van der Waals surface area contributed by atoms with Gasteiger partial charge in [-0.1, -0.05) is 35.5 Å². The van der Waals surface area contributed by atoms with Crippen LogP contribution in [0.1, 0.15) is 21.6 Å². The van der Waals surface area contributed by atoms with Crippen molar-refractivity contribution in [1.82, 2.24) is 10.3 Å². The molecule has 4 N–H and O–H groups in total. The third kappa shape index (κ3) is 4.54. The van der Waals surface area contributed by atoms with E-state index >= 15 is 0 Å². The summed E-state index contributed by atoms with van der Waals surface area (Å²) in [6, 6.07) is 11.3. The summed E-state index contributed by atoms with van der Waals surface area (Å²) in [6.45, 7) is 0. The van der Waals surface area contributed by atoms with Gasteiger partial charge >= 0.3 is 5.97 Å². The molecule has 0 aliphatic carbocycles. The molecule has 25 heavy (non-hydrogen) atoms. The molecule has 130 valence electrons. The number of amidine groups is 1. The van der Waals surface area contributed by atoms with Crippen LogP contribution in [0.25, 0.3) is 0 Å². The molecule has 1 amide bonds. The van der Waals surface area contributed by atoms with E-state index in [9.17, 15) is 9.59 Å². The number of hydrogen-bond donors (Lipinski definition) is 3. The summed E-state index contributed by atoms with van der Waals surface area (Å²) in [5, 5.41) is 14.3. The van der Waals surface area contributed by atoms with Gasteiger partial charge in [-0.05, 0) is 17.7 Å². The van der Waals surface area contributed by atoms with Crippen LogP contribution in [0.3, 0.4) is 0 Å². The highest BCUT2D eigenvalue weighted by Gasteiger charge is 2.24. The quantitative estimate of drug-likeness (QED) is 0.233. The smallest absolute Gasteiger partial charge is 0.328 e. The molecule has 8 heteroatoms. The SMILES string of the molecule is COC(=O)[C@H](Cc1ccccc1)NC(=O)c1cccnc1/C(N)=N/O. The largest absolute Gasteiger partial charge is 0.467 e. The maximum atomic E-state index is 12.6. The van der Waals surface area contributed by atoms with E-state index in [1.54, 1.807) is 0 Å². The minimum Gasteiger partial charge on any atom is -0.467 e. The topological polar surface area (TPSA) is 127 Å². The molecular weight excluding hydrogens is 324 g/mol. The van der Waals surface area contributed by atoms with Crippen molar-refractivity contribution in [3.05, 3.63) is 65.5 Å². The number of rotatable bonds is 6. The predicted octanol–water partition coefficient (Wildman–Crippen LogP) is 0.690. The molecule has 0 spiro atoms. The molecule has 0 aliphatic rings. The Hall–Kier alpha value is -3.42. The molecule has 1 aromatic heterocycles. The second-order valence-corrected chi connectivity index (χ2v) is 5.12. The first-order valence-corrected chi connectivity index (χ1v) is 7.42. The summed E-state index contributed by atoms with van der Waals surface area (Å²) in [5.74, 6) is -1.46. The number of carbonyl (C=O) groups excluding carboxylic acids is 2. The van der Waals surface area contributed by atoms with E-state index in [1.807, 2.05) is 30.3 Å². The summed E-state index contributed by atoms with van der Waals surface area (Å²) < 4.78 is 4.76. The number of ether oxygens (including phenoxy) is 1. The molecule has 0 unspecified atom stereocenters. The summed E-state index contributed by atoms with van der Waals surface area (Å²) in [7, 11) is 1.25. The molecular formula is C17H18N4O4. The Bertz CT molecular complexity index is 777. The highest BCUT2D eigenvalue weighted by atomic mass is 16.5. The normalized spacial score (nSPS) is 12.3. The Morgan fingerprint density at radius 3 is 2.64 bits per heavy atom. The van der Waals surface area contributed by atoms with Crippen LogP contribution in [0.15, 0.2) is 53.8 Å². The zero-order chi connectivity index (χ0) is 18.2. The van der Waals surface area contributed by atoms with Crippen LogP contribution in [0.4, 0.5) is 0 Å². The maximum Gasteiger partial charge on any atom is 0.328 e. The number of oxime groups is 1. The number of benzene rings is 1. The molecule has 0 saturated heterocycles. The number of carbonyl (C=O) groups is 2. The first-order valence-electron chi connectivity index (χ1n) is 7.42. The monoisotopic (exact) mass is 342 g/mol. The van der Waals surface area contributed by atoms with E-state index in [4.69, 9.17) is 15.7 Å². The van der Waals surface area contributed by atoms with Crippen molar-refractivity contribution < 1.29 is 19.5 Å². The number of hydrogen-bond acceptors (Lipinski definition) is 6. The van der Waals surface area contributed by atoms with E-state index in [0.717, 1.165) is 5.56 Å². The average Bonchev–Trinajstić information content (AvgIpc) is 2.66. The molecule has 0 saturated carbocycles. The van der Waals surface area contributed by atoms with Gasteiger partial charge in [0.1, 0.15) is 11.7 Å². The van der Waals surface area contributed by atoms with Crippen LogP contribution in [0.5, 0.6) is 0 Å². The van der Waals surface area contributed by atoms with Crippen molar-refractivity contribution in [3.63, 3.8) is 0 Å². The number of pyridine rings is 1. The molecule has 0 aliphatic heterocycles. The van der Waals surface area contributed by atoms with Crippen molar-refractivity contribution in [2.75, 3.05) is 7.11 Å². The molecule has 0 radical (unpaired) electrons. The molecule has 0 bridgehead atoms. The summed E-state index contributed by atoms with van der Waals surface area (Å²) in [5.41, 5.74) is 6.50. The molecule has 1 heterocycles. The minimum absolute atomic E-state index is 0.0193. The molecule has 1 atom stereocenters. The van der Waals surface area contributed by atoms with Crippen molar-refractivity contribution in [2.24, 2.45) is 10.9 Å². The zero-order valence-corrected chi connectivity index (χ0v) is 13.5. The van der Waals surface area contributed by atoms with E-state index in [2.05, 4.69) is 15.5 Å². The fourth-order valence-electron chi connectivity index (χ4n) is 2.26. The van der Waals surface area contributed by atoms with Gasteiger partial charge in [0.25, 0.3) is 5.91 Å². The van der Waals surface area contributed by atoms with Crippen LogP contribution >= 0.6 is 0 Å². The lowest BCUT2D eigenvalue weighted by Crippen LogP contribution is -2.43. The average molecular weight is 342 g/mol. The van der Waals surface area contributed by atoms with Crippen LogP contribution < -0.4 is 11.1 Å². The number of esters is 1. The Labute approximate surface area is 144 Å². The number of methoxy groups -OCH3 is 1. The fourth-order valence-corrected chi connectivity index (χ4v) is 2.26. The second-order valence-electron chi connectivity index (χ2n) is 5.12. The van der Waals surface area contributed by atoms with Gasteiger partial charge in [0, 0.05) is 12.6 Å². The van der Waals surface area contributed by atoms with Crippen molar-refractivity contribution in [2.45, 2.75) is 12.5 Å². The first kappa shape index (κ1) is 17.9. The lowest BCUT2D eigenvalue weighted by atomic mass is 10.0. The number of nitrogens with zero attached hydrogens (tertiary/aromatic N) is 2. The van der Waals surface area contributed by atoms with Crippen LogP contribution in [0.2, 0.25) is 0 Å². The molecule has 2 aromatic rings. The standard InChI is InChI=1S/C17H18N4O4/c1-25-17(23)13(10-11-6-3-2-4-7-11)20-16(22)12-8-5-9-19-14(12)15(18)21-24/h2-9,13,24H,10H2,1H3,(H2,18,21)(H,20,22)/t13-/m0/s1. The van der Waals surface area contributed by atoms with E-state index in [0.29, 0.717) is 0 Å². The van der Waals surface area contributed by atoms with Gasteiger partial charge in [-0.2, -0.15) is 0 Å². The molecule has 2 rings (SSSR count). The number of amides is 1. The Kier molecular flexibility index (Phi) is 6.05. The summed E-state index contributed by atoms with van der Waals surface area (Å²) in [4.78, 5) is 28.5. The highest BCUT2D eigenvalue weighted by molar-refractivity contribution is 6.07. The first-order chi connectivity index (χ1) is 12.1. The van der Waals surface area contributed by atoms with E-state index in [1.165, 1.54) is 25.4 Å². The van der Waals surface area contributed by atoms with Gasteiger partial charge in [0.15, 0.2) is 5.84 Å². The molecule has 1 aromatic carbocycles. The Morgan fingerprint density at radius 1 is 1.28 bits per heavy atom. The van der Waals surface area contributed by atoms with Crippen LogP contribution in [0, 0.1) is 0 Å². The van der Waals surface area contributed by atoms with Gasteiger partial charge < -0.3 is 21.0 Å². The van der Waals surface area contributed by atoms with Crippen molar-refractivity contribution >= 4 is 17.7 Å². The lowest BCUT2D eigenvalue weighted by Gasteiger charge is -2.17. The van der Waals surface area contributed by atoms with Gasteiger partial charge in [0.2, 0.25) is 0 Å². The molecule has 8 nitrogen and oxygen atoms in total. The highest BCUT2D eigenvalue weighted by Crippen LogP contribution is 2.09. The third-order valence-corrected chi connectivity index (χ3v) is 3.48. The van der Waals surface area contributed by atoms with Crippen molar-refractivity contribution in [1.29, 1.82) is 0 Å². The minimum atomic E-state index is -0.889. The number of nitrogens with two attached hydrogens (primary N) is 1. The second kappa shape index (κ2) is 8.44. The molecule has 0 fully saturated rings. The van der Waals surface area contributed by atoms with Gasteiger partial charge in [-0.3, -0.25) is 9.78 Å². The predicted molar refractivity (Wildman–Crippen MR) is 90.2 cm³/mol. The van der Waals surface area contributed by atoms with Crippen LogP contribution in [-0.2, 0) is 16.0 Å². The zero-order valence-electron chi connectivity index (χ0n) is 13.5. The summed E-state index contributed by atoms with van der Waals surface area (Å²) >= 11 is 0. The maximum absolute atomic E-state index is 12.6. The van der Waals surface area contributed by atoms with E-state index in [-0.39, 0.29) is 23.5 Å². The Balaban J connectivity index is 2.24. The van der Waals surface area contributed by atoms with Gasteiger partial charge in [-0.25, -0.2) is 4.79 Å². The van der Waals surface area contributed by atoms with Crippen molar-refractivity contribution in [3.8, 4) is 0 Å². The Morgan fingerprint density at radius 2 is 2.00 bits per heavy atom. The van der Waals surface area contributed by atoms with E-state index < -0.39 is 17.9 Å². The number of aromatic nitrogens is 1. The third-order valence-electron chi connectivity index (χ3n) is 3.48. The fraction of sp³-hybridized carbons (Fsp3) is 0.176.